The Labute approximate surface area is 117 Å². The number of pyridine rings is 1. The monoisotopic (exact) mass is 265 g/mol. The summed E-state index contributed by atoms with van der Waals surface area (Å²) in [4.78, 5) is 13.1. The summed E-state index contributed by atoms with van der Waals surface area (Å²) in [6.45, 7) is 0.648. The lowest BCUT2D eigenvalue weighted by molar-refractivity contribution is 1.06. The quantitative estimate of drug-likeness (QED) is 0.759. The number of benzene rings is 1. The molecule has 2 N–H and O–H groups in total. The summed E-state index contributed by atoms with van der Waals surface area (Å²) in [5.41, 5.74) is 2.01. The largest absolute Gasteiger partial charge is 0.372 e. The fourth-order valence-corrected chi connectivity index (χ4v) is 2.03. The van der Waals surface area contributed by atoms with Crippen LogP contribution in [-0.2, 0) is 6.54 Å². The summed E-state index contributed by atoms with van der Waals surface area (Å²) < 4.78 is 0. The fraction of sp³-hybridized carbons (Fsp3) is 0.133. The van der Waals surface area contributed by atoms with Gasteiger partial charge in [0.2, 0.25) is 5.95 Å². The number of anilines is 2. The Hall–Kier alpha value is -2.69. The highest BCUT2D eigenvalue weighted by Gasteiger charge is 2.05. The van der Waals surface area contributed by atoms with E-state index in [0.717, 1.165) is 22.3 Å². The van der Waals surface area contributed by atoms with Crippen molar-refractivity contribution < 1.29 is 0 Å². The van der Waals surface area contributed by atoms with E-state index >= 15 is 0 Å². The van der Waals surface area contributed by atoms with Gasteiger partial charge in [-0.1, -0.05) is 18.2 Å². The average Bonchev–Trinajstić information content (AvgIpc) is 2.53. The Morgan fingerprint density at radius 2 is 1.95 bits per heavy atom. The molecule has 3 rings (SSSR count). The van der Waals surface area contributed by atoms with Gasteiger partial charge in [-0.3, -0.25) is 4.98 Å². The molecule has 2 heterocycles. The molecule has 0 amide bonds. The van der Waals surface area contributed by atoms with Gasteiger partial charge in [0.1, 0.15) is 5.82 Å². The number of nitrogens with zero attached hydrogens (tertiary/aromatic N) is 3. The summed E-state index contributed by atoms with van der Waals surface area (Å²) in [6.07, 6.45) is 3.59. The molecule has 0 aliphatic heterocycles. The number of para-hydroxylation sites is 1. The van der Waals surface area contributed by atoms with E-state index in [-0.39, 0.29) is 0 Å². The number of hydrogen-bond donors (Lipinski definition) is 2. The van der Waals surface area contributed by atoms with Crippen molar-refractivity contribution in [3.05, 3.63) is 54.4 Å². The highest BCUT2D eigenvalue weighted by Crippen LogP contribution is 2.21. The van der Waals surface area contributed by atoms with Crippen molar-refractivity contribution in [3.63, 3.8) is 0 Å². The van der Waals surface area contributed by atoms with Crippen LogP contribution in [0.15, 0.2) is 48.8 Å². The molecule has 0 fully saturated rings. The van der Waals surface area contributed by atoms with Gasteiger partial charge in [0.25, 0.3) is 0 Å². The normalized spacial score (nSPS) is 10.4. The smallest absolute Gasteiger partial charge is 0.225 e. The van der Waals surface area contributed by atoms with Crippen LogP contribution in [0.1, 0.15) is 5.56 Å². The maximum absolute atomic E-state index is 4.52. The van der Waals surface area contributed by atoms with Crippen LogP contribution in [0.4, 0.5) is 11.8 Å². The molecule has 3 aromatic rings. The summed E-state index contributed by atoms with van der Waals surface area (Å²) in [5.74, 6) is 1.43. The van der Waals surface area contributed by atoms with Crippen LogP contribution in [0.3, 0.4) is 0 Å². The maximum Gasteiger partial charge on any atom is 0.225 e. The molecule has 5 nitrogen and oxygen atoms in total. The average molecular weight is 265 g/mol. The molecule has 0 unspecified atom stereocenters. The number of fused-ring (bicyclic) bond motifs is 1. The molecule has 0 saturated heterocycles. The second kappa shape index (κ2) is 5.52. The molecular weight excluding hydrogens is 250 g/mol. The zero-order valence-electron chi connectivity index (χ0n) is 11.2. The third-order valence-electron chi connectivity index (χ3n) is 3.01. The van der Waals surface area contributed by atoms with Crippen LogP contribution in [0, 0.1) is 0 Å². The van der Waals surface area contributed by atoms with E-state index in [9.17, 15) is 0 Å². The van der Waals surface area contributed by atoms with Crippen LogP contribution in [0.25, 0.3) is 10.9 Å². The van der Waals surface area contributed by atoms with E-state index in [2.05, 4.69) is 25.6 Å². The van der Waals surface area contributed by atoms with Gasteiger partial charge in [-0.25, -0.2) is 4.98 Å². The predicted octanol–water partition coefficient (Wildman–Crippen LogP) is 2.68. The van der Waals surface area contributed by atoms with E-state index < -0.39 is 0 Å². The minimum absolute atomic E-state index is 0.608. The van der Waals surface area contributed by atoms with Crippen molar-refractivity contribution in [1.29, 1.82) is 0 Å². The standard InChI is InChI=1S/C15H15N5/c1-16-14-12-6-2-3-7-13(12)19-15(20-14)18-10-11-5-4-8-17-9-11/h2-9H,10H2,1H3,(H2,16,18,19,20). The molecular formula is C15H15N5. The highest BCUT2D eigenvalue weighted by molar-refractivity contribution is 5.89. The van der Waals surface area contributed by atoms with Gasteiger partial charge in [-0.05, 0) is 23.8 Å². The van der Waals surface area contributed by atoms with Crippen molar-refractivity contribution in [2.45, 2.75) is 6.54 Å². The van der Waals surface area contributed by atoms with E-state index in [1.807, 2.05) is 49.6 Å². The number of hydrogen-bond acceptors (Lipinski definition) is 5. The molecule has 0 aliphatic rings. The summed E-state index contributed by atoms with van der Waals surface area (Å²) in [5, 5.41) is 7.35. The van der Waals surface area contributed by atoms with E-state index in [4.69, 9.17) is 0 Å². The van der Waals surface area contributed by atoms with Crippen LogP contribution >= 0.6 is 0 Å². The molecule has 20 heavy (non-hydrogen) atoms. The van der Waals surface area contributed by atoms with Gasteiger partial charge < -0.3 is 10.6 Å². The topological polar surface area (TPSA) is 62.7 Å². The number of rotatable bonds is 4. The van der Waals surface area contributed by atoms with Crippen molar-refractivity contribution in [2.24, 2.45) is 0 Å². The van der Waals surface area contributed by atoms with Crippen LogP contribution in [-0.4, -0.2) is 22.0 Å². The lowest BCUT2D eigenvalue weighted by Gasteiger charge is -2.09. The minimum atomic E-state index is 0.608. The van der Waals surface area contributed by atoms with Crippen LogP contribution in [0.2, 0.25) is 0 Å². The molecule has 0 atom stereocenters. The second-order valence-electron chi connectivity index (χ2n) is 4.38. The molecule has 5 heteroatoms. The molecule has 0 aliphatic carbocycles. The van der Waals surface area contributed by atoms with Gasteiger partial charge in [-0.2, -0.15) is 4.98 Å². The first-order valence-corrected chi connectivity index (χ1v) is 6.44. The molecule has 1 aromatic carbocycles. The minimum Gasteiger partial charge on any atom is -0.372 e. The van der Waals surface area contributed by atoms with Crippen LogP contribution in [0.5, 0.6) is 0 Å². The molecule has 2 aromatic heterocycles. The first-order chi connectivity index (χ1) is 9.86. The Bertz CT molecular complexity index is 712. The number of nitrogens with one attached hydrogen (secondary N) is 2. The highest BCUT2D eigenvalue weighted by atomic mass is 15.1. The zero-order valence-corrected chi connectivity index (χ0v) is 11.2. The molecule has 100 valence electrons. The van der Waals surface area contributed by atoms with Crippen molar-refractivity contribution in [2.75, 3.05) is 17.7 Å². The Morgan fingerprint density at radius 3 is 2.75 bits per heavy atom. The Balaban J connectivity index is 1.88. The summed E-state index contributed by atoms with van der Waals surface area (Å²) in [6, 6.07) is 11.9. The first kappa shape index (κ1) is 12.3. The molecule has 0 radical (unpaired) electrons. The van der Waals surface area contributed by atoms with Gasteiger partial charge >= 0.3 is 0 Å². The SMILES string of the molecule is CNc1nc(NCc2cccnc2)nc2ccccc12. The molecule has 0 bridgehead atoms. The predicted molar refractivity (Wildman–Crippen MR) is 80.6 cm³/mol. The second-order valence-corrected chi connectivity index (χ2v) is 4.38. The van der Waals surface area contributed by atoms with Crippen molar-refractivity contribution >= 4 is 22.7 Å². The van der Waals surface area contributed by atoms with Gasteiger partial charge in [-0.15, -0.1) is 0 Å². The third kappa shape index (κ3) is 2.51. The third-order valence-corrected chi connectivity index (χ3v) is 3.01. The molecule has 0 spiro atoms. The zero-order chi connectivity index (χ0) is 13.8. The van der Waals surface area contributed by atoms with Gasteiger partial charge in [0.05, 0.1) is 5.52 Å². The van der Waals surface area contributed by atoms with Gasteiger partial charge in [0, 0.05) is 31.4 Å². The van der Waals surface area contributed by atoms with Crippen LogP contribution < -0.4 is 10.6 Å². The Morgan fingerprint density at radius 1 is 1.05 bits per heavy atom. The van der Waals surface area contributed by atoms with E-state index in [1.54, 1.807) is 6.20 Å². The van der Waals surface area contributed by atoms with E-state index in [0.29, 0.717) is 12.5 Å². The lowest BCUT2D eigenvalue weighted by atomic mass is 10.2. The Kier molecular flexibility index (Phi) is 3.41. The first-order valence-electron chi connectivity index (χ1n) is 6.44. The van der Waals surface area contributed by atoms with Gasteiger partial charge in [0.15, 0.2) is 0 Å². The lowest BCUT2D eigenvalue weighted by Crippen LogP contribution is -2.06. The van der Waals surface area contributed by atoms with Crippen molar-refractivity contribution in [3.8, 4) is 0 Å². The fourth-order valence-electron chi connectivity index (χ4n) is 2.03. The van der Waals surface area contributed by atoms with E-state index in [1.165, 1.54) is 0 Å². The molecule has 0 saturated carbocycles. The van der Waals surface area contributed by atoms with Crippen molar-refractivity contribution in [1.82, 2.24) is 15.0 Å². The summed E-state index contributed by atoms with van der Waals surface area (Å²) in [7, 11) is 1.86. The maximum atomic E-state index is 4.52. The number of aromatic nitrogens is 3. The summed E-state index contributed by atoms with van der Waals surface area (Å²) >= 11 is 0.